The van der Waals surface area contributed by atoms with Crippen molar-refractivity contribution in [1.29, 1.82) is 0 Å². The van der Waals surface area contributed by atoms with E-state index in [1.807, 2.05) is 52.8 Å². The highest BCUT2D eigenvalue weighted by Gasteiger charge is 2.29. The van der Waals surface area contributed by atoms with Crippen LogP contribution in [0.15, 0.2) is 18.2 Å². The molecule has 106 valence electrons. The summed E-state index contributed by atoms with van der Waals surface area (Å²) in [6.45, 7) is 11.1. The first kappa shape index (κ1) is 15.7. The third-order valence-corrected chi connectivity index (χ3v) is 3.22. The summed E-state index contributed by atoms with van der Waals surface area (Å²) >= 11 is 0. The first-order valence-electron chi connectivity index (χ1n) is 6.60. The number of hydrogen-bond acceptors (Lipinski definition) is 3. The van der Waals surface area contributed by atoms with Crippen LogP contribution in [0, 0.1) is 19.8 Å². The van der Waals surface area contributed by atoms with Crippen molar-refractivity contribution in [2.45, 2.75) is 53.2 Å². The molecule has 2 unspecified atom stereocenters. The van der Waals surface area contributed by atoms with Gasteiger partial charge in [0.15, 0.2) is 0 Å². The number of carbonyl (C=O) groups is 1. The second-order valence-electron chi connectivity index (χ2n) is 6.06. The zero-order chi connectivity index (χ0) is 14.8. The molecule has 3 heteroatoms. The van der Waals surface area contributed by atoms with Crippen molar-refractivity contribution in [2.75, 3.05) is 0 Å². The number of rotatable bonds is 3. The number of hydrogen-bond donors (Lipinski definition) is 1. The van der Waals surface area contributed by atoms with Crippen molar-refractivity contribution >= 4 is 5.97 Å². The van der Waals surface area contributed by atoms with Crippen LogP contribution in [0.2, 0.25) is 0 Å². The van der Waals surface area contributed by atoms with Crippen molar-refractivity contribution in [3.63, 3.8) is 0 Å². The molecule has 0 heterocycles. The second-order valence-corrected chi connectivity index (χ2v) is 6.06. The zero-order valence-corrected chi connectivity index (χ0v) is 12.7. The minimum absolute atomic E-state index is 0.374. The average Bonchev–Trinajstić information content (AvgIpc) is 2.28. The Kier molecular flexibility index (Phi) is 4.75. The van der Waals surface area contributed by atoms with E-state index in [2.05, 4.69) is 0 Å². The number of aliphatic hydroxyl groups excluding tert-OH is 1. The minimum Gasteiger partial charge on any atom is -0.460 e. The van der Waals surface area contributed by atoms with Crippen LogP contribution in [-0.4, -0.2) is 16.7 Å². The topological polar surface area (TPSA) is 46.5 Å². The largest absolute Gasteiger partial charge is 0.460 e. The summed E-state index contributed by atoms with van der Waals surface area (Å²) in [7, 11) is 0. The number of benzene rings is 1. The van der Waals surface area contributed by atoms with Crippen molar-refractivity contribution < 1.29 is 14.6 Å². The maximum absolute atomic E-state index is 12.0. The lowest BCUT2D eigenvalue weighted by Crippen LogP contribution is -2.30. The highest BCUT2D eigenvalue weighted by Crippen LogP contribution is 2.28. The Hall–Kier alpha value is -1.35. The molecule has 0 aliphatic carbocycles. The Labute approximate surface area is 115 Å². The first-order chi connectivity index (χ1) is 8.63. The van der Waals surface area contributed by atoms with Gasteiger partial charge in [0.05, 0.1) is 12.0 Å². The van der Waals surface area contributed by atoms with Crippen LogP contribution in [0.25, 0.3) is 0 Å². The number of aryl methyl sites for hydroxylation is 1. The molecule has 0 bridgehead atoms. The summed E-state index contributed by atoms with van der Waals surface area (Å²) in [6, 6.07) is 5.74. The maximum atomic E-state index is 12.0. The molecule has 0 fully saturated rings. The van der Waals surface area contributed by atoms with Crippen molar-refractivity contribution in [3.05, 3.63) is 34.9 Å². The van der Waals surface area contributed by atoms with Gasteiger partial charge < -0.3 is 9.84 Å². The number of esters is 1. The molecule has 19 heavy (non-hydrogen) atoms. The van der Waals surface area contributed by atoms with Crippen molar-refractivity contribution in [2.24, 2.45) is 5.92 Å². The summed E-state index contributed by atoms with van der Waals surface area (Å²) in [5, 5.41) is 10.4. The molecular formula is C16H24O3. The van der Waals surface area contributed by atoms with E-state index in [-0.39, 0.29) is 5.97 Å². The van der Waals surface area contributed by atoms with Crippen LogP contribution in [0.1, 0.15) is 50.5 Å². The highest BCUT2D eigenvalue weighted by molar-refractivity contribution is 5.73. The monoisotopic (exact) mass is 264 g/mol. The molecule has 3 nitrogen and oxygen atoms in total. The van der Waals surface area contributed by atoms with Crippen molar-refractivity contribution in [3.8, 4) is 0 Å². The van der Waals surface area contributed by atoms with Gasteiger partial charge in [0.2, 0.25) is 0 Å². The molecule has 0 aliphatic heterocycles. The Morgan fingerprint density at radius 3 is 2.37 bits per heavy atom. The molecule has 0 aromatic heterocycles. The fourth-order valence-corrected chi connectivity index (χ4v) is 1.89. The maximum Gasteiger partial charge on any atom is 0.312 e. The lowest BCUT2D eigenvalue weighted by molar-refractivity contribution is -0.163. The van der Waals surface area contributed by atoms with E-state index in [4.69, 9.17) is 4.74 Å². The van der Waals surface area contributed by atoms with E-state index < -0.39 is 17.6 Å². The van der Waals surface area contributed by atoms with E-state index in [9.17, 15) is 9.90 Å². The molecule has 0 saturated heterocycles. The molecule has 1 aromatic rings. The molecule has 0 radical (unpaired) electrons. The Bertz CT molecular complexity index is 458. The van der Waals surface area contributed by atoms with E-state index in [0.717, 1.165) is 16.7 Å². The van der Waals surface area contributed by atoms with Gasteiger partial charge in [-0.3, -0.25) is 4.79 Å². The molecule has 0 spiro atoms. The normalized spacial score (nSPS) is 14.9. The van der Waals surface area contributed by atoms with Crippen LogP contribution >= 0.6 is 0 Å². The highest BCUT2D eigenvalue weighted by atomic mass is 16.6. The first-order valence-corrected chi connectivity index (χ1v) is 6.60. The fraction of sp³-hybridized carbons (Fsp3) is 0.562. The molecule has 2 atom stereocenters. The lowest BCUT2D eigenvalue weighted by Gasteiger charge is -2.25. The van der Waals surface area contributed by atoms with Crippen LogP contribution in [-0.2, 0) is 9.53 Å². The summed E-state index contributed by atoms with van der Waals surface area (Å²) in [5.74, 6) is -0.958. The van der Waals surface area contributed by atoms with Gasteiger partial charge in [-0.15, -0.1) is 0 Å². The standard InChI is InChI=1S/C16H24O3/c1-10-8-7-9-13(11(10)2)14(17)12(3)15(18)19-16(4,5)6/h7-9,12,14,17H,1-6H3. The third kappa shape index (κ3) is 4.06. The molecular weight excluding hydrogens is 240 g/mol. The number of aliphatic hydroxyl groups is 1. The Morgan fingerprint density at radius 2 is 1.84 bits per heavy atom. The Balaban J connectivity index is 2.91. The van der Waals surface area contributed by atoms with Gasteiger partial charge in [-0.1, -0.05) is 18.2 Å². The van der Waals surface area contributed by atoms with Gasteiger partial charge in [0.1, 0.15) is 5.60 Å². The molecule has 0 aliphatic rings. The van der Waals surface area contributed by atoms with E-state index in [1.165, 1.54) is 0 Å². The quantitative estimate of drug-likeness (QED) is 0.852. The molecule has 1 N–H and O–H groups in total. The van der Waals surface area contributed by atoms with Crippen LogP contribution in [0.4, 0.5) is 0 Å². The minimum atomic E-state index is -0.838. The van der Waals surface area contributed by atoms with Crippen LogP contribution in [0.5, 0.6) is 0 Å². The van der Waals surface area contributed by atoms with E-state index >= 15 is 0 Å². The van der Waals surface area contributed by atoms with Gasteiger partial charge >= 0.3 is 5.97 Å². The number of ether oxygens (including phenoxy) is 1. The summed E-state index contributed by atoms with van der Waals surface area (Å²) in [4.78, 5) is 12.0. The zero-order valence-electron chi connectivity index (χ0n) is 12.7. The Morgan fingerprint density at radius 1 is 1.26 bits per heavy atom. The van der Waals surface area contributed by atoms with Gasteiger partial charge in [-0.05, 0) is 58.2 Å². The smallest absolute Gasteiger partial charge is 0.312 e. The van der Waals surface area contributed by atoms with E-state index in [0.29, 0.717) is 0 Å². The van der Waals surface area contributed by atoms with Crippen LogP contribution < -0.4 is 0 Å². The van der Waals surface area contributed by atoms with Crippen molar-refractivity contribution in [1.82, 2.24) is 0 Å². The lowest BCUT2D eigenvalue weighted by atomic mass is 9.92. The van der Waals surface area contributed by atoms with E-state index in [1.54, 1.807) is 6.92 Å². The van der Waals surface area contributed by atoms with Crippen LogP contribution in [0.3, 0.4) is 0 Å². The predicted octanol–water partition coefficient (Wildman–Crippen LogP) is 3.31. The molecule has 0 saturated carbocycles. The molecule has 0 amide bonds. The van der Waals surface area contributed by atoms with Gasteiger partial charge in [-0.25, -0.2) is 0 Å². The molecule has 1 rings (SSSR count). The predicted molar refractivity (Wildman–Crippen MR) is 75.9 cm³/mol. The van der Waals surface area contributed by atoms with Gasteiger partial charge in [0, 0.05) is 0 Å². The van der Waals surface area contributed by atoms with Gasteiger partial charge in [0.25, 0.3) is 0 Å². The average molecular weight is 264 g/mol. The SMILES string of the molecule is Cc1cccc(C(O)C(C)C(=O)OC(C)(C)C)c1C. The third-order valence-electron chi connectivity index (χ3n) is 3.22. The summed E-state index contributed by atoms with van der Waals surface area (Å²) < 4.78 is 5.31. The fourth-order valence-electron chi connectivity index (χ4n) is 1.89. The van der Waals surface area contributed by atoms with Gasteiger partial charge in [-0.2, -0.15) is 0 Å². The second kappa shape index (κ2) is 5.74. The summed E-state index contributed by atoms with van der Waals surface area (Å²) in [6.07, 6.45) is -0.838. The summed E-state index contributed by atoms with van der Waals surface area (Å²) in [5.41, 5.74) is 2.38. The number of carbonyl (C=O) groups excluding carboxylic acids is 1. The molecule has 1 aromatic carbocycles.